The molecule has 2 rings (SSSR count). The number of carbonyl (C=O) groups is 2. The van der Waals surface area contributed by atoms with Crippen molar-refractivity contribution in [2.24, 2.45) is 0 Å². The molecule has 1 aliphatic heterocycles. The van der Waals surface area contributed by atoms with Gasteiger partial charge in [0.2, 0.25) is 0 Å². The van der Waals surface area contributed by atoms with E-state index in [1.165, 1.54) is 12.1 Å². The van der Waals surface area contributed by atoms with Gasteiger partial charge in [-0.1, -0.05) is 12.1 Å². The van der Waals surface area contributed by atoms with Crippen molar-refractivity contribution < 1.29 is 18.7 Å². The van der Waals surface area contributed by atoms with E-state index in [9.17, 15) is 14.0 Å². The fourth-order valence-electron chi connectivity index (χ4n) is 2.19. The summed E-state index contributed by atoms with van der Waals surface area (Å²) in [7, 11) is 0. The zero-order valence-corrected chi connectivity index (χ0v) is 11.9. The first-order valence-corrected chi connectivity index (χ1v) is 7.02. The van der Waals surface area contributed by atoms with Crippen molar-refractivity contribution in [2.45, 2.75) is 31.9 Å². The number of halogens is 1. The van der Waals surface area contributed by atoms with Gasteiger partial charge in [-0.25, -0.2) is 4.39 Å². The van der Waals surface area contributed by atoms with Crippen LogP contribution in [0.3, 0.4) is 0 Å². The topological polar surface area (TPSA) is 67.4 Å². The highest BCUT2D eigenvalue weighted by atomic mass is 19.1. The molecule has 1 aliphatic rings. The molecule has 0 radical (unpaired) electrons. The Labute approximate surface area is 122 Å². The van der Waals surface area contributed by atoms with E-state index in [0.717, 1.165) is 18.4 Å². The molecule has 0 unspecified atom stereocenters. The van der Waals surface area contributed by atoms with Crippen LogP contribution in [0.1, 0.15) is 31.4 Å². The zero-order chi connectivity index (χ0) is 15.2. The van der Waals surface area contributed by atoms with Crippen LogP contribution in [0.25, 0.3) is 0 Å². The number of ether oxygens (including phenoxy) is 1. The molecule has 2 amide bonds. The summed E-state index contributed by atoms with van der Waals surface area (Å²) in [6.45, 7) is 2.78. The lowest BCUT2D eigenvalue weighted by Gasteiger charge is -2.15. The van der Waals surface area contributed by atoms with Gasteiger partial charge < -0.3 is 15.4 Å². The highest BCUT2D eigenvalue weighted by Gasteiger charge is 2.20. The van der Waals surface area contributed by atoms with Crippen LogP contribution in [0, 0.1) is 5.82 Å². The fraction of sp³-hybridized carbons (Fsp3) is 0.467. The second-order valence-corrected chi connectivity index (χ2v) is 5.09. The van der Waals surface area contributed by atoms with Gasteiger partial charge in [-0.15, -0.1) is 0 Å². The number of rotatable bonds is 4. The molecule has 1 aromatic rings. The number of nitrogens with one attached hydrogen (secondary N) is 2. The van der Waals surface area contributed by atoms with E-state index in [0.29, 0.717) is 13.2 Å². The van der Waals surface area contributed by atoms with Crippen molar-refractivity contribution >= 4 is 11.8 Å². The minimum absolute atomic E-state index is 0.00345. The Bertz CT molecular complexity index is 498. The lowest BCUT2D eigenvalue weighted by Crippen LogP contribution is -2.43. The van der Waals surface area contributed by atoms with Gasteiger partial charge in [-0.3, -0.25) is 9.59 Å². The van der Waals surface area contributed by atoms with Crippen molar-refractivity contribution in [3.63, 3.8) is 0 Å². The second-order valence-electron chi connectivity index (χ2n) is 5.09. The molecule has 0 aromatic heterocycles. The zero-order valence-electron chi connectivity index (χ0n) is 11.9. The van der Waals surface area contributed by atoms with Gasteiger partial charge in [-0.2, -0.15) is 0 Å². The molecule has 0 spiro atoms. The Morgan fingerprint density at radius 1 is 1.33 bits per heavy atom. The fourth-order valence-corrected chi connectivity index (χ4v) is 2.19. The molecule has 6 heteroatoms. The Balaban J connectivity index is 1.79. The van der Waals surface area contributed by atoms with Crippen molar-refractivity contribution in [2.75, 3.05) is 13.2 Å². The molecule has 2 N–H and O–H groups in total. The van der Waals surface area contributed by atoms with Crippen molar-refractivity contribution in [3.05, 3.63) is 35.6 Å². The third-order valence-corrected chi connectivity index (χ3v) is 3.44. The number of hydrogen-bond donors (Lipinski definition) is 2. The normalized spacial score (nSPS) is 19.0. The summed E-state index contributed by atoms with van der Waals surface area (Å²) in [5.41, 5.74) is 0.733. The molecule has 0 saturated carbocycles. The van der Waals surface area contributed by atoms with Crippen LogP contribution in [-0.4, -0.2) is 31.1 Å². The third kappa shape index (κ3) is 4.53. The maximum absolute atomic E-state index is 12.8. The van der Waals surface area contributed by atoms with Crippen LogP contribution >= 0.6 is 0 Å². The first-order chi connectivity index (χ1) is 10.1. The largest absolute Gasteiger partial charge is 0.376 e. The molecule has 5 nitrogen and oxygen atoms in total. The van der Waals surface area contributed by atoms with Crippen molar-refractivity contribution in [1.29, 1.82) is 0 Å². The molecule has 0 aliphatic carbocycles. The monoisotopic (exact) mass is 294 g/mol. The maximum atomic E-state index is 12.8. The van der Waals surface area contributed by atoms with Gasteiger partial charge in [-0.05, 0) is 37.5 Å². The summed E-state index contributed by atoms with van der Waals surface area (Å²) in [4.78, 5) is 23.4. The Kier molecular flexibility index (Phi) is 5.27. The summed E-state index contributed by atoms with van der Waals surface area (Å²) in [6, 6.07) is 5.41. The average Bonchev–Trinajstić information content (AvgIpc) is 2.98. The summed E-state index contributed by atoms with van der Waals surface area (Å²) < 4.78 is 18.2. The van der Waals surface area contributed by atoms with Crippen molar-refractivity contribution in [3.8, 4) is 0 Å². The van der Waals surface area contributed by atoms with Gasteiger partial charge in [0.25, 0.3) is 0 Å². The highest BCUT2D eigenvalue weighted by molar-refractivity contribution is 6.35. The lowest BCUT2D eigenvalue weighted by molar-refractivity contribution is -0.139. The lowest BCUT2D eigenvalue weighted by atomic mass is 10.1. The molecular weight excluding hydrogens is 275 g/mol. The first-order valence-electron chi connectivity index (χ1n) is 7.02. The maximum Gasteiger partial charge on any atom is 0.309 e. The molecule has 1 fully saturated rings. The average molecular weight is 294 g/mol. The van der Waals surface area contributed by atoms with Crippen LogP contribution in [0.2, 0.25) is 0 Å². The van der Waals surface area contributed by atoms with Gasteiger partial charge in [0.1, 0.15) is 5.82 Å². The Morgan fingerprint density at radius 3 is 2.67 bits per heavy atom. The first kappa shape index (κ1) is 15.4. The summed E-state index contributed by atoms with van der Waals surface area (Å²) in [5, 5.41) is 5.13. The predicted octanol–water partition coefficient (Wildman–Crippen LogP) is 1.30. The second kappa shape index (κ2) is 7.17. The van der Waals surface area contributed by atoms with Crippen LogP contribution in [0.4, 0.5) is 4.39 Å². The number of amides is 2. The molecule has 114 valence electrons. The highest BCUT2D eigenvalue weighted by Crippen LogP contribution is 2.13. The van der Waals surface area contributed by atoms with E-state index in [1.807, 2.05) is 0 Å². The van der Waals surface area contributed by atoms with Gasteiger partial charge in [0.15, 0.2) is 0 Å². The minimum Gasteiger partial charge on any atom is -0.376 e. The van der Waals surface area contributed by atoms with Crippen LogP contribution in [-0.2, 0) is 14.3 Å². The van der Waals surface area contributed by atoms with Gasteiger partial charge >= 0.3 is 11.8 Å². The molecule has 1 heterocycles. The standard InChI is InChI=1S/C15H19FN2O3/c1-10(11-4-6-12(16)7-5-11)18-15(20)14(19)17-9-13-3-2-8-21-13/h4-7,10,13H,2-3,8-9H2,1H3,(H,17,19)(H,18,20)/t10-,13-/m0/s1. The van der Waals surface area contributed by atoms with Crippen LogP contribution in [0.15, 0.2) is 24.3 Å². The Hall–Kier alpha value is -1.95. The summed E-state index contributed by atoms with van der Waals surface area (Å²) in [6.07, 6.45) is 1.87. The molecule has 2 atom stereocenters. The van der Waals surface area contributed by atoms with E-state index in [1.54, 1.807) is 19.1 Å². The van der Waals surface area contributed by atoms with Gasteiger partial charge in [0.05, 0.1) is 12.1 Å². The molecule has 21 heavy (non-hydrogen) atoms. The molecule has 1 aromatic carbocycles. The van der Waals surface area contributed by atoms with E-state index in [4.69, 9.17) is 4.74 Å². The quantitative estimate of drug-likeness (QED) is 0.823. The molecule has 1 saturated heterocycles. The van der Waals surface area contributed by atoms with E-state index in [-0.39, 0.29) is 18.0 Å². The number of carbonyl (C=O) groups excluding carboxylic acids is 2. The summed E-state index contributed by atoms with van der Waals surface area (Å²) >= 11 is 0. The number of hydrogen-bond acceptors (Lipinski definition) is 3. The van der Waals surface area contributed by atoms with E-state index < -0.39 is 11.8 Å². The summed E-state index contributed by atoms with van der Waals surface area (Å²) in [5.74, 6) is -1.73. The SMILES string of the molecule is C[C@H](NC(=O)C(=O)NC[C@@H]1CCCO1)c1ccc(F)cc1. The van der Waals surface area contributed by atoms with E-state index in [2.05, 4.69) is 10.6 Å². The molecular formula is C15H19FN2O3. The van der Waals surface area contributed by atoms with Gasteiger partial charge in [0, 0.05) is 13.2 Å². The Morgan fingerprint density at radius 2 is 2.05 bits per heavy atom. The van der Waals surface area contributed by atoms with Crippen LogP contribution < -0.4 is 10.6 Å². The number of benzene rings is 1. The van der Waals surface area contributed by atoms with Crippen LogP contribution in [0.5, 0.6) is 0 Å². The molecule has 0 bridgehead atoms. The van der Waals surface area contributed by atoms with Crippen molar-refractivity contribution in [1.82, 2.24) is 10.6 Å². The predicted molar refractivity (Wildman–Crippen MR) is 74.9 cm³/mol. The minimum atomic E-state index is -0.704. The third-order valence-electron chi connectivity index (χ3n) is 3.44. The van der Waals surface area contributed by atoms with E-state index >= 15 is 0 Å². The smallest absolute Gasteiger partial charge is 0.309 e.